The van der Waals surface area contributed by atoms with E-state index in [1.54, 1.807) is 0 Å². The Labute approximate surface area is 158 Å². The van der Waals surface area contributed by atoms with Gasteiger partial charge in [-0.15, -0.1) is 10.2 Å². The van der Waals surface area contributed by atoms with Crippen LogP contribution in [-0.4, -0.2) is 37.7 Å². The third-order valence-electron chi connectivity index (χ3n) is 4.04. The molecule has 1 heterocycles. The summed E-state index contributed by atoms with van der Waals surface area (Å²) < 4.78 is 0. The van der Waals surface area contributed by atoms with Gasteiger partial charge >= 0.3 is 5.97 Å². The number of carboxylic acids is 1. The zero-order valence-corrected chi connectivity index (χ0v) is 15.8. The molecule has 0 aliphatic rings. The number of benzene rings is 2. The molecule has 27 heavy (non-hydrogen) atoms. The van der Waals surface area contributed by atoms with Crippen molar-refractivity contribution in [1.29, 1.82) is 0 Å². The van der Waals surface area contributed by atoms with Crippen LogP contribution in [-0.2, 0) is 11.3 Å². The number of aliphatic carboxylic acids is 1. The second kappa shape index (κ2) is 10.2. The maximum absolute atomic E-state index is 11.1. The van der Waals surface area contributed by atoms with E-state index in [0.717, 1.165) is 22.3 Å². The summed E-state index contributed by atoms with van der Waals surface area (Å²) in [5, 5.41) is 26.3. The van der Waals surface area contributed by atoms with E-state index in [4.69, 9.17) is 5.11 Å². The van der Waals surface area contributed by atoms with Crippen LogP contribution >= 0.6 is 0 Å². The van der Waals surface area contributed by atoms with Crippen molar-refractivity contribution in [1.82, 2.24) is 25.9 Å². The zero-order chi connectivity index (χ0) is 19.6. The molecule has 3 N–H and O–H groups in total. The van der Waals surface area contributed by atoms with Gasteiger partial charge in [-0.1, -0.05) is 69.3 Å². The maximum atomic E-state index is 11.1. The first-order valence-corrected chi connectivity index (χ1v) is 9.07. The predicted octanol–water partition coefficient (Wildman–Crippen LogP) is 3.51. The molecule has 0 saturated heterocycles. The highest BCUT2D eigenvalue weighted by Crippen LogP contribution is 2.29. The Morgan fingerprint density at radius 1 is 1.11 bits per heavy atom. The lowest BCUT2D eigenvalue weighted by Gasteiger charge is -2.13. The van der Waals surface area contributed by atoms with Crippen molar-refractivity contribution in [2.24, 2.45) is 0 Å². The summed E-state index contributed by atoms with van der Waals surface area (Å²) in [5.41, 5.74) is 3.98. The van der Waals surface area contributed by atoms with E-state index in [0.29, 0.717) is 18.8 Å². The monoisotopic (exact) mass is 367 g/mol. The smallest absolute Gasteiger partial charge is 0.320 e. The molecule has 0 aliphatic carbocycles. The quantitative estimate of drug-likeness (QED) is 0.590. The largest absolute Gasteiger partial charge is 0.480 e. The van der Waals surface area contributed by atoms with Crippen molar-refractivity contribution in [3.63, 3.8) is 0 Å². The number of carbonyl (C=O) groups is 1. The van der Waals surface area contributed by atoms with E-state index >= 15 is 0 Å². The lowest BCUT2D eigenvalue weighted by molar-refractivity contribution is -0.139. The van der Waals surface area contributed by atoms with Crippen LogP contribution in [0.4, 0.5) is 0 Å². The Hall–Kier alpha value is -3.06. The van der Waals surface area contributed by atoms with Crippen molar-refractivity contribution >= 4 is 5.97 Å². The van der Waals surface area contributed by atoms with Crippen LogP contribution in [0.2, 0.25) is 0 Å². The van der Waals surface area contributed by atoms with Gasteiger partial charge < -0.3 is 10.4 Å². The van der Waals surface area contributed by atoms with Crippen LogP contribution in [0.3, 0.4) is 0 Å². The molecule has 1 atom stereocenters. The molecule has 0 aliphatic heterocycles. The molecule has 0 saturated carbocycles. The highest BCUT2D eigenvalue weighted by molar-refractivity contribution is 5.80. The number of rotatable bonds is 7. The van der Waals surface area contributed by atoms with E-state index in [1.807, 2.05) is 69.3 Å². The van der Waals surface area contributed by atoms with Crippen LogP contribution in [0, 0.1) is 0 Å². The number of nitrogens with one attached hydrogen (secondary N) is 2. The summed E-state index contributed by atoms with van der Waals surface area (Å²) in [5.74, 6) is -0.276. The average Bonchev–Trinajstić information content (AvgIpc) is 3.25. The Bertz CT molecular complexity index is 832. The third-order valence-corrected chi connectivity index (χ3v) is 4.04. The zero-order valence-electron chi connectivity index (χ0n) is 15.8. The van der Waals surface area contributed by atoms with E-state index in [1.165, 1.54) is 0 Å². The fraction of sp³-hybridized carbons (Fsp3) is 0.300. The molecule has 0 amide bonds. The van der Waals surface area contributed by atoms with Crippen molar-refractivity contribution in [3.05, 3.63) is 54.1 Å². The lowest BCUT2D eigenvalue weighted by atomic mass is 9.98. The Morgan fingerprint density at radius 3 is 2.33 bits per heavy atom. The van der Waals surface area contributed by atoms with Gasteiger partial charge in [-0.25, -0.2) is 0 Å². The van der Waals surface area contributed by atoms with Crippen molar-refractivity contribution in [2.45, 2.75) is 39.8 Å². The van der Waals surface area contributed by atoms with Crippen molar-refractivity contribution < 1.29 is 9.90 Å². The number of hydrogen-bond acceptors (Lipinski definition) is 5. The van der Waals surface area contributed by atoms with Gasteiger partial charge in [-0.3, -0.25) is 4.79 Å². The van der Waals surface area contributed by atoms with Gasteiger partial charge in [0.1, 0.15) is 6.04 Å². The molecule has 0 fully saturated rings. The minimum absolute atomic E-state index is 0.511. The molecule has 0 spiro atoms. The molecule has 7 heteroatoms. The van der Waals surface area contributed by atoms with Crippen LogP contribution in [0.1, 0.15) is 32.8 Å². The van der Waals surface area contributed by atoms with Gasteiger partial charge in [0.2, 0.25) is 5.82 Å². The second-order valence-corrected chi connectivity index (χ2v) is 5.66. The number of aromatic amines is 1. The van der Waals surface area contributed by atoms with Crippen molar-refractivity contribution in [2.75, 3.05) is 0 Å². The van der Waals surface area contributed by atoms with Crippen LogP contribution < -0.4 is 5.32 Å². The SMILES string of the molecule is CC.CC[C@H](NCc1ccc(-c2ccccc2-c2nn[nH]n2)cc1)C(=O)O. The molecule has 7 nitrogen and oxygen atoms in total. The number of tetrazole rings is 1. The normalized spacial score (nSPS) is 11.4. The van der Waals surface area contributed by atoms with E-state index in [9.17, 15) is 4.79 Å². The first-order valence-electron chi connectivity index (χ1n) is 9.07. The molecule has 0 radical (unpaired) electrons. The van der Waals surface area contributed by atoms with Gasteiger partial charge in [0.05, 0.1) is 0 Å². The summed E-state index contributed by atoms with van der Waals surface area (Å²) in [6, 6.07) is 15.3. The van der Waals surface area contributed by atoms with Gasteiger partial charge in [-0.05, 0) is 28.3 Å². The highest BCUT2D eigenvalue weighted by Gasteiger charge is 2.14. The van der Waals surface area contributed by atoms with E-state index in [2.05, 4.69) is 25.9 Å². The van der Waals surface area contributed by atoms with Crippen molar-refractivity contribution in [3.8, 4) is 22.5 Å². The number of carboxylic acid groups (broad SMARTS) is 1. The lowest BCUT2D eigenvalue weighted by Crippen LogP contribution is -2.35. The molecular formula is C20H25N5O2. The van der Waals surface area contributed by atoms with Gasteiger partial charge in [0.25, 0.3) is 0 Å². The minimum Gasteiger partial charge on any atom is -0.480 e. The standard InChI is InChI=1S/C18H19N5O2.C2H6/c1-2-16(18(24)25)19-11-12-7-9-13(10-8-12)14-5-3-4-6-15(14)17-20-22-23-21-17;1-2/h3-10,16,19H,2,11H2,1H3,(H,24,25)(H,20,21,22,23);1-2H3/t16-;/m0./s1. The summed E-state index contributed by atoms with van der Waals surface area (Å²) in [4.78, 5) is 11.1. The van der Waals surface area contributed by atoms with Gasteiger partial charge in [0, 0.05) is 12.1 Å². The maximum Gasteiger partial charge on any atom is 0.320 e. The number of H-pyrrole nitrogens is 1. The summed E-state index contributed by atoms with van der Waals surface area (Å²) in [7, 11) is 0. The average molecular weight is 367 g/mol. The topological polar surface area (TPSA) is 104 Å². The first kappa shape index (κ1) is 20.3. The van der Waals surface area contributed by atoms with Gasteiger partial charge in [-0.2, -0.15) is 5.21 Å². The van der Waals surface area contributed by atoms with Crippen LogP contribution in [0.25, 0.3) is 22.5 Å². The fourth-order valence-corrected chi connectivity index (χ4v) is 2.66. The molecule has 0 unspecified atom stereocenters. The molecule has 2 aromatic carbocycles. The fourth-order valence-electron chi connectivity index (χ4n) is 2.66. The second-order valence-electron chi connectivity index (χ2n) is 5.66. The molecular weight excluding hydrogens is 342 g/mol. The molecule has 142 valence electrons. The molecule has 3 aromatic rings. The molecule has 0 bridgehead atoms. The summed E-state index contributed by atoms with van der Waals surface area (Å²) in [6.07, 6.45) is 0.547. The summed E-state index contributed by atoms with van der Waals surface area (Å²) >= 11 is 0. The van der Waals surface area contributed by atoms with Crippen LogP contribution in [0.5, 0.6) is 0 Å². The number of aromatic nitrogens is 4. The highest BCUT2D eigenvalue weighted by atomic mass is 16.4. The molecule has 3 rings (SSSR count). The first-order chi connectivity index (χ1) is 13.2. The third kappa shape index (κ3) is 5.21. The minimum atomic E-state index is -0.826. The van der Waals surface area contributed by atoms with E-state index in [-0.39, 0.29) is 0 Å². The number of hydrogen-bond donors (Lipinski definition) is 3. The van der Waals surface area contributed by atoms with E-state index < -0.39 is 12.0 Å². The molecule has 1 aromatic heterocycles. The van der Waals surface area contributed by atoms with Gasteiger partial charge in [0.15, 0.2) is 0 Å². The Kier molecular flexibility index (Phi) is 7.63. The Balaban J connectivity index is 0.00000126. The summed E-state index contributed by atoms with van der Waals surface area (Å²) in [6.45, 7) is 6.36. The van der Waals surface area contributed by atoms with Crippen LogP contribution in [0.15, 0.2) is 48.5 Å². The Morgan fingerprint density at radius 2 is 1.78 bits per heavy atom. The number of nitrogens with zero attached hydrogens (tertiary/aromatic N) is 3. The predicted molar refractivity (Wildman–Crippen MR) is 105 cm³/mol.